The fourth-order valence-corrected chi connectivity index (χ4v) is 11.9. The van der Waals surface area contributed by atoms with E-state index in [0.29, 0.717) is 41.7 Å². The number of carbonyl (C=O) groups excluding carboxylic acids is 3. The second-order valence-electron chi connectivity index (χ2n) is 18.7. The van der Waals surface area contributed by atoms with Crippen molar-refractivity contribution in [3.05, 3.63) is 65.0 Å². The van der Waals surface area contributed by atoms with Crippen LogP contribution in [0.1, 0.15) is 116 Å². The fraction of sp³-hybridized carbons (Fsp3) is 0.578. The van der Waals surface area contributed by atoms with Crippen LogP contribution < -0.4 is 10.2 Å². The van der Waals surface area contributed by atoms with Crippen LogP contribution in [0.15, 0.2) is 59.5 Å². The van der Waals surface area contributed by atoms with Gasteiger partial charge in [-0.3, -0.25) is 24.0 Å². The maximum atomic E-state index is 13.8. The van der Waals surface area contributed by atoms with Gasteiger partial charge >= 0.3 is 0 Å². The Morgan fingerprint density at radius 1 is 0.944 bits per heavy atom. The second kappa shape index (κ2) is 13.9. The minimum Gasteiger partial charge on any atom is -0.354 e. The molecule has 0 radical (unpaired) electrons. The first-order chi connectivity index (χ1) is 25.7. The van der Waals surface area contributed by atoms with Crippen molar-refractivity contribution in [2.24, 2.45) is 22.2 Å². The molecule has 2 atom stereocenters. The van der Waals surface area contributed by atoms with Crippen LogP contribution in [0, 0.1) is 22.2 Å². The van der Waals surface area contributed by atoms with Gasteiger partial charge < -0.3 is 10.2 Å². The molecule has 5 aliphatic carbocycles. The van der Waals surface area contributed by atoms with Gasteiger partial charge in [-0.2, -0.15) is 5.10 Å². The summed E-state index contributed by atoms with van der Waals surface area (Å²) in [6.07, 6.45) is 14.0. The molecular weight excluding hydrogens is 673 g/mol. The van der Waals surface area contributed by atoms with E-state index in [1.54, 1.807) is 6.20 Å². The first-order valence-electron chi connectivity index (χ1n) is 20.4. The van der Waals surface area contributed by atoms with Crippen molar-refractivity contribution in [1.29, 1.82) is 0 Å². The third kappa shape index (κ3) is 6.97. The molecule has 1 saturated heterocycles. The predicted octanol–water partition coefficient (Wildman–Crippen LogP) is 8.11. The Labute approximate surface area is 320 Å². The number of hydrogen-bond donors (Lipinski definition) is 1. The smallest absolute Gasteiger partial charge is 0.226 e. The fourth-order valence-electron chi connectivity index (χ4n) is 11.9. The number of anilines is 1. The SMILES string of the molecule is CC1=CC(C)=C(CCC(=O)c2cc(-c3ccc(N4CCN(CCNC(=O)C56CC7CC(C)(CC(C)(C7)C5)C6)CC4)nc3)cc3c2cnn3C(C)C)C(=O)C1. The van der Waals surface area contributed by atoms with Gasteiger partial charge in [0, 0.05) is 80.9 Å². The van der Waals surface area contributed by atoms with Crippen LogP contribution in [-0.4, -0.2) is 76.4 Å². The van der Waals surface area contributed by atoms with Crippen molar-refractivity contribution >= 4 is 34.2 Å². The molecular formula is C45H58N6O3. The molecule has 1 N–H and O–H groups in total. The van der Waals surface area contributed by atoms with Crippen LogP contribution in [0.3, 0.4) is 0 Å². The van der Waals surface area contributed by atoms with Crippen molar-refractivity contribution in [2.75, 3.05) is 44.2 Å². The number of carbonyl (C=O) groups is 3. The van der Waals surface area contributed by atoms with Gasteiger partial charge in [0.2, 0.25) is 5.91 Å². The maximum absolute atomic E-state index is 13.8. The lowest BCUT2D eigenvalue weighted by Gasteiger charge is -2.64. The number of nitrogens with one attached hydrogen (secondary N) is 1. The summed E-state index contributed by atoms with van der Waals surface area (Å²) in [4.78, 5) is 50.0. The summed E-state index contributed by atoms with van der Waals surface area (Å²) in [6.45, 7) is 18.2. The molecule has 286 valence electrons. The lowest BCUT2D eigenvalue weighted by molar-refractivity contribution is -0.170. The molecule has 0 spiro atoms. The number of pyridine rings is 1. The van der Waals surface area contributed by atoms with Crippen molar-refractivity contribution in [1.82, 2.24) is 25.0 Å². The normalized spacial score (nSPS) is 28.4. The van der Waals surface area contributed by atoms with Crippen LogP contribution in [0.5, 0.6) is 0 Å². The molecule has 3 heterocycles. The molecule has 9 rings (SSSR count). The Hall–Kier alpha value is -4.11. The molecule has 4 saturated carbocycles. The molecule has 2 unspecified atom stereocenters. The number of Topliss-reactive ketones (excluding diaryl/α,β-unsaturated/α-hetero) is 2. The third-order valence-corrected chi connectivity index (χ3v) is 13.4. The van der Waals surface area contributed by atoms with Crippen LogP contribution in [0.2, 0.25) is 0 Å². The van der Waals surface area contributed by atoms with Gasteiger partial charge in [0.05, 0.1) is 17.1 Å². The highest BCUT2D eigenvalue weighted by atomic mass is 16.2. The van der Waals surface area contributed by atoms with Crippen LogP contribution in [0.25, 0.3) is 22.0 Å². The van der Waals surface area contributed by atoms with Crippen molar-refractivity contribution in [3.63, 3.8) is 0 Å². The van der Waals surface area contributed by atoms with E-state index in [9.17, 15) is 14.4 Å². The molecule has 1 aromatic carbocycles. The first-order valence-corrected chi connectivity index (χ1v) is 20.4. The van der Waals surface area contributed by atoms with E-state index >= 15 is 0 Å². The summed E-state index contributed by atoms with van der Waals surface area (Å²) in [5.41, 5.74) is 6.77. The van der Waals surface area contributed by atoms with E-state index in [1.165, 1.54) is 19.3 Å². The van der Waals surface area contributed by atoms with E-state index < -0.39 is 0 Å². The van der Waals surface area contributed by atoms with E-state index in [-0.39, 0.29) is 29.4 Å². The Balaban J connectivity index is 0.896. The number of amides is 1. The lowest BCUT2D eigenvalue weighted by atomic mass is 9.40. The molecule has 3 aromatic rings. The molecule has 5 fully saturated rings. The number of allylic oxidation sites excluding steroid dienone is 4. The number of ketones is 2. The zero-order valence-corrected chi connectivity index (χ0v) is 33.3. The largest absolute Gasteiger partial charge is 0.354 e. The summed E-state index contributed by atoms with van der Waals surface area (Å²) in [7, 11) is 0. The summed E-state index contributed by atoms with van der Waals surface area (Å²) in [5.74, 6) is 2.12. The van der Waals surface area contributed by atoms with Gasteiger partial charge in [-0.05, 0) is 130 Å². The zero-order valence-electron chi connectivity index (χ0n) is 33.3. The average Bonchev–Trinajstić information content (AvgIpc) is 3.54. The summed E-state index contributed by atoms with van der Waals surface area (Å²) < 4.78 is 1.97. The van der Waals surface area contributed by atoms with Gasteiger partial charge in [0.1, 0.15) is 5.82 Å². The molecule has 2 aromatic heterocycles. The minimum atomic E-state index is -0.150. The van der Waals surface area contributed by atoms with Gasteiger partial charge in [-0.25, -0.2) is 4.98 Å². The molecule has 1 amide bonds. The Morgan fingerprint density at radius 3 is 2.33 bits per heavy atom. The molecule has 9 nitrogen and oxygen atoms in total. The summed E-state index contributed by atoms with van der Waals surface area (Å²) in [6, 6.07) is 8.41. The number of rotatable bonds is 11. The Bertz CT molecular complexity index is 2030. The van der Waals surface area contributed by atoms with Gasteiger partial charge in [-0.15, -0.1) is 0 Å². The lowest BCUT2D eigenvalue weighted by Crippen LogP contribution is -2.60. The molecule has 9 heteroatoms. The third-order valence-electron chi connectivity index (χ3n) is 13.4. The Morgan fingerprint density at radius 2 is 1.69 bits per heavy atom. The van der Waals surface area contributed by atoms with E-state index in [2.05, 4.69) is 72.2 Å². The first kappa shape index (κ1) is 36.8. The number of hydrogen-bond acceptors (Lipinski definition) is 7. The minimum absolute atomic E-state index is 0.0167. The number of aromatic nitrogens is 3. The van der Waals surface area contributed by atoms with Gasteiger partial charge in [0.15, 0.2) is 11.6 Å². The van der Waals surface area contributed by atoms with Gasteiger partial charge in [-0.1, -0.05) is 25.5 Å². The zero-order chi connectivity index (χ0) is 38.0. The van der Waals surface area contributed by atoms with Crippen molar-refractivity contribution < 1.29 is 14.4 Å². The van der Waals surface area contributed by atoms with Crippen LogP contribution in [0.4, 0.5) is 5.82 Å². The Kier molecular flexibility index (Phi) is 9.47. The molecule has 4 bridgehead atoms. The molecule has 6 aliphatic rings. The highest BCUT2D eigenvalue weighted by molar-refractivity contribution is 6.09. The van der Waals surface area contributed by atoms with Gasteiger partial charge in [0.25, 0.3) is 0 Å². The topological polar surface area (TPSA) is 100 Å². The van der Waals surface area contributed by atoms with Crippen LogP contribution in [-0.2, 0) is 9.59 Å². The van der Waals surface area contributed by atoms with Crippen LogP contribution >= 0.6 is 0 Å². The number of fused-ring (bicyclic) bond motifs is 1. The number of nitrogens with zero attached hydrogens (tertiary/aromatic N) is 5. The second-order valence-corrected chi connectivity index (χ2v) is 18.7. The number of benzene rings is 1. The van der Waals surface area contributed by atoms with E-state index in [4.69, 9.17) is 4.98 Å². The monoisotopic (exact) mass is 730 g/mol. The standard InChI is InChI=1S/C45H58N6O3/c1-29(2)51-38-20-34(19-36(37(38)25-48-51)39(52)9-8-35-31(4)17-30(3)18-40(35)53)33-7-10-41(47-24-33)50-15-13-49(14-16-50)12-11-46-42(54)45-23-32-21-43(5,27-45)26-44(6,22-32)28-45/h7,10,17,19-20,24-25,29,32H,8-9,11-16,18,21-23,26-28H2,1-6H3,(H,46,54). The summed E-state index contributed by atoms with van der Waals surface area (Å²) in [5, 5.41) is 8.88. The van der Waals surface area contributed by atoms with Crippen molar-refractivity contribution in [2.45, 2.75) is 105 Å². The highest BCUT2D eigenvalue weighted by Crippen LogP contribution is 2.69. The predicted molar refractivity (Wildman–Crippen MR) is 214 cm³/mol. The van der Waals surface area contributed by atoms with E-state index in [1.807, 2.05) is 30.8 Å². The average molecular weight is 731 g/mol. The highest BCUT2D eigenvalue weighted by Gasteiger charge is 2.62. The quantitative estimate of drug-likeness (QED) is 0.199. The van der Waals surface area contributed by atoms with E-state index in [0.717, 1.165) is 102 Å². The molecule has 54 heavy (non-hydrogen) atoms. The summed E-state index contributed by atoms with van der Waals surface area (Å²) >= 11 is 0. The van der Waals surface area contributed by atoms with Crippen molar-refractivity contribution in [3.8, 4) is 11.1 Å². The number of piperazine rings is 1. The maximum Gasteiger partial charge on any atom is 0.226 e. The molecule has 1 aliphatic heterocycles.